The van der Waals surface area contributed by atoms with E-state index >= 15 is 0 Å². The van der Waals surface area contributed by atoms with E-state index in [2.05, 4.69) is 21.2 Å². The van der Waals surface area contributed by atoms with Gasteiger partial charge in [-0.2, -0.15) is 0 Å². The van der Waals surface area contributed by atoms with Crippen molar-refractivity contribution < 1.29 is 13.5 Å². The summed E-state index contributed by atoms with van der Waals surface area (Å²) < 4.78 is 32.9. The molecule has 0 aliphatic heterocycles. The number of halogens is 3. The lowest BCUT2D eigenvalue weighted by molar-refractivity contribution is 0.0127. The summed E-state index contributed by atoms with van der Waals surface area (Å²) in [5.41, 5.74) is -0.438. The second kappa shape index (κ2) is 5.97. The van der Waals surface area contributed by atoms with Crippen LogP contribution in [0.4, 0.5) is 14.5 Å². The van der Waals surface area contributed by atoms with Crippen molar-refractivity contribution in [3.05, 3.63) is 28.2 Å². The zero-order chi connectivity index (χ0) is 13.9. The highest BCUT2D eigenvalue weighted by atomic mass is 79.9. The Bertz CT molecular complexity index is 400. The second-order valence-electron chi connectivity index (χ2n) is 4.96. The molecule has 0 saturated heterocycles. The Morgan fingerprint density at radius 3 is 2.28 bits per heavy atom. The van der Waals surface area contributed by atoms with Crippen LogP contribution >= 0.6 is 15.9 Å². The van der Waals surface area contributed by atoms with Crippen LogP contribution < -0.4 is 5.32 Å². The molecule has 0 heterocycles. The minimum absolute atomic E-state index is 0.0994. The predicted molar refractivity (Wildman–Crippen MR) is 72.8 cm³/mol. The van der Waals surface area contributed by atoms with Crippen LogP contribution in [0.1, 0.15) is 27.2 Å². The van der Waals surface area contributed by atoms with Gasteiger partial charge in [0.25, 0.3) is 0 Å². The van der Waals surface area contributed by atoms with Crippen molar-refractivity contribution in [3.63, 3.8) is 0 Å². The van der Waals surface area contributed by atoms with E-state index in [-0.39, 0.29) is 17.3 Å². The Labute approximate surface area is 115 Å². The largest absolute Gasteiger partial charge is 0.379 e. The molecule has 1 unspecified atom stereocenters. The third-order valence-corrected chi connectivity index (χ3v) is 3.21. The average molecular weight is 322 g/mol. The van der Waals surface area contributed by atoms with Gasteiger partial charge in [-0.15, -0.1) is 0 Å². The Hall–Kier alpha value is -0.680. The van der Waals surface area contributed by atoms with E-state index in [1.54, 1.807) is 7.11 Å². The molecule has 1 atom stereocenters. The third-order valence-electron chi connectivity index (χ3n) is 2.75. The Kier molecular flexibility index (Phi) is 5.10. The molecule has 0 bridgehead atoms. The van der Waals surface area contributed by atoms with Crippen molar-refractivity contribution >= 4 is 21.6 Å². The van der Waals surface area contributed by atoms with E-state index in [9.17, 15) is 8.78 Å². The van der Waals surface area contributed by atoms with E-state index in [0.29, 0.717) is 10.9 Å². The highest BCUT2D eigenvalue weighted by molar-refractivity contribution is 9.10. The third kappa shape index (κ3) is 4.21. The maximum absolute atomic E-state index is 13.6. The van der Waals surface area contributed by atoms with Gasteiger partial charge in [0, 0.05) is 17.6 Å². The summed E-state index contributed by atoms with van der Waals surface area (Å²) in [6.07, 6.45) is 0.637. The van der Waals surface area contributed by atoms with Gasteiger partial charge in [-0.3, -0.25) is 0 Å². The number of rotatable bonds is 5. The van der Waals surface area contributed by atoms with E-state index in [1.807, 2.05) is 20.8 Å². The first-order chi connectivity index (χ1) is 8.25. The van der Waals surface area contributed by atoms with Gasteiger partial charge >= 0.3 is 0 Å². The zero-order valence-corrected chi connectivity index (χ0v) is 12.6. The Morgan fingerprint density at radius 2 is 1.83 bits per heavy atom. The number of nitrogens with one attached hydrogen (secondary N) is 1. The highest BCUT2D eigenvalue weighted by Crippen LogP contribution is 2.26. The Morgan fingerprint density at radius 1 is 1.33 bits per heavy atom. The van der Waals surface area contributed by atoms with Gasteiger partial charge in [0.15, 0.2) is 0 Å². The maximum atomic E-state index is 13.6. The fourth-order valence-electron chi connectivity index (χ4n) is 1.80. The van der Waals surface area contributed by atoms with Crippen LogP contribution in [0.25, 0.3) is 0 Å². The van der Waals surface area contributed by atoms with Crippen molar-refractivity contribution in [2.45, 2.75) is 38.8 Å². The molecule has 1 aromatic rings. The summed E-state index contributed by atoms with van der Waals surface area (Å²) in [5, 5.41) is 2.85. The van der Waals surface area contributed by atoms with Gasteiger partial charge in [-0.25, -0.2) is 8.78 Å². The maximum Gasteiger partial charge on any atom is 0.150 e. The van der Waals surface area contributed by atoms with Gasteiger partial charge in [0.1, 0.15) is 17.3 Å². The van der Waals surface area contributed by atoms with Gasteiger partial charge in [-0.05, 0) is 39.3 Å². The first-order valence-corrected chi connectivity index (χ1v) is 6.50. The molecule has 0 amide bonds. The first kappa shape index (κ1) is 15.4. The molecule has 0 spiro atoms. The number of benzene rings is 1. The van der Waals surface area contributed by atoms with Crippen LogP contribution in [-0.2, 0) is 4.74 Å². The number of anilines is 1. The monoisotopic (exact) mass is 321 g/mol. The molecule has 0 aliphatic carbocycles. The van der Waals surface area contributed by atoms with Gasteiger partial charge < -0.3 is 10.1 Å². The van der Waals surface area contributed by atoms with Crippen molar-refractivity contribution in [3.8, 4) is 0 Å². The van der Waals surface area contributed by atoms with Crippen molar-refractivity contribution in [1.82, 2.24) is 0 Å². The molecule has 0 radical (unpaired) electrons. The summed E-state index contributed by atoms with van der Waals surface area (Å²) in [4.78, 5) is 0. The molecule has 1 aromatic carbocycles. The van der Waals surface area contributed by atoms with Crippen LogP contribution in [0.3, 0.4) is 0 Å². The van der Waals surface area contributed by atoms with Crippen molar-refractivity contribution in [1.29, 1.82) is 0 Å². The minimum Gasteiger partial charge on any atom is -0.379 e. The molecule has 1 N–H and O–H groups in total. The van der Waals surface area contributed by atoms with Gasteiger partial charge in [0.05, 0.1) is 5.60 Å². The lowest BCUT2D eigenvalue weighted by atomic mass is 9.99. The minimum atomic E-state index is -0.607. The fraction of sp³-hybridized carbons (Fsp3) is 0.538. The molecule has 0 fully saturated rings. The second-order valence-corrected chi connectivity index (χ2v) is 5.87. The predicted octanol–water partition coefficient (Wildman–Crippen LogP) is 4.34. The number of methoxy groups -OCH3 is 1. The van der Waals surface area contributed by atoms with E-state index < -0.39 is 11.6 Å². The molecular formula is C13H18BrF2NO. The van der Waals surface area contributed by atoms with Crippen LogP contribution in [0.2, 0.25) is 0 Å². The number of ether oxygens (including phenoxy) is 1. The molecule has 1 rings (SSSR count). The number of hydrogen-bond donors (Lipinski definition) is 1. The molecule has 18 heavy (non-hydrogen) atoms. The number of hydrogen-bond acceptors (Lipinski definition) is 2. The lowest BCUT2D eigenvalue weighted by Crippen LogP contribution is -2.31. The zero-order valence-electron chi connectivity index (χ0n) is 11.0. The van der Waals surface area contributed by atoms with Crippen molar-refractivity contribution in [2.75, 3.05) is 12.4 Å². The smallest absolute Gasteiger partial charge is 0.150 e. The molecule has 0 aliphatic rings. The molecule has 2 nitrogen and oxygen atoms in total. The lowest BCUT2D eigenvalue weighted by Gasteiger charge is -2.27. The summed E-state index contributed by atoms with van der Waals surface area (Å²) in [6, 6.07) is 2.37. The molecular weight excluding hydrogens is 304 g/mol. The Balaban J connectivity index is 2.79. The standard InChI is InChI=1S/C13H18BrF2NO/c1-8(7-13(2,3)18-4)17-12-10(15)5-9(14)6-11(12)16/h5-6,8,17H,7H2,1-4H3. The highest BCUT2D eigenvalue weighted by Gasteiger charge is 2.21. The van der Waals surface area contributed by atoms with E-state index in [1.165, 1.54) is 12.1 Å². The summed E-state index contributed by atoms with van der Waals surface area (Å²) in [7, 11) is 1.62. The van der Waals surface area contributed by atoms with Crippen molar-refractivity contribution in [2.24, 2.45) is 0 Å². The summed E-state index contributed by atoms with van der Waals surface area (Å²) in [6.45, 7) is 5.72. The molecule has 102 valence electrons. The van der Waals surface area contributed by atoms with Crippen LogP contribution in [0.15, 0.2) is 16.6 Å². The van der Waals surface area contributed by atoms with E-state index in [0.717, 1.165) is 0 Å². The SMILES string of the molecule is COC(C)(C)CC(C)Nc1c(F)cc(Br)cc1F. The normalized spacial score (nSPS) is 13.5. The quantitative estimate of drug-likeness (QED) is 0.870. The molecule has 0 aromatic heterocycles. The van der Waals surface area contributed by atoms with Crippen LogP contribution in [0.5, 0.6) is 0 Å². The molecule has 5 heteroatoms. The average Bonchev–Trinajstić information content (AvgIpc) is 2.22. The molecule has 0 saturated carbocycles. The summed E-state index contributed by atoms with van der Waals surface area (Å²) in [5.74, 6) is -1.21. The van der Waals surface area contributed by atoms with Gasteiger partial charge in [0.2, 0.25) is 0 Å². The van der Waals surface area contributed by atoms with Crippen LogP contribution in [0, 0.1) is 11.6 Å². The fourth-order valence-corrected chi connectivity index (χ4v) is 2.20. The topological polar surface area (TPSA) is 21.3 Å². The van der Waals surface area contributed by atoms with Crippen LogP contribution in [-0.4, -0.2) is 18.8 Å². The first-order valence-electron chi connectivity index (χ1n) is 5.71. The van der Waals surface area contributed by atoms with Gasteiger partial charge in [-0.1, -0.05) is 15.9 Å². The summed E-state index contributed by atoms with van der Waals surface area (Å²) >= 11 is 3.05. The van der Waals surface area contributed by atoms with E-state index in [4.69, 9.17) is 4.74 Å².